The van der Waals surface area contributed by atoms with Crippen LogP contribution in [0.15, 0.2) is 58.4 Å². The third-order valence-electron chi connectivity index (χ3n) is 5.75. The molecule has 2 aliphatic heterocycles. The maximum atomic E-state index is 13.0. The van der Waals surface area contributed by atoms with E-state index in [4.69, 9.17) is 0 Å². The third-order valence-corrected chi connectivity index (χ3v) is 7.15. The van der Waals surface area contributed by atoms with E-state index in [0.717, 1.165) is 18.8 Å². The van der Waals surface area contributed by atoms with Crippen molar-refractivity contribution in [3.8, 4) is 0 Å². The van der Waals surface area contributed by atoms with E-state index >= 15 is 0 Å². The first-order chi connectivity index (χ1) is 14.7. The number of hydrogen-bond acceptors (Lipinski definition) is 5. The monoisotopic (exact) mass is 440 g/mol. The number of rotatable bonds is 5. The number of amides is 1. The fourth-order valence-corrected chi connectivity index (χ4v) is 5.26. The number of carbonyl (C=O) groups excluding carboxylic acids is 1. The summed E-state index contributed by atoms with van der Waals surface area (Å²) in [4.78, 5) is 20.0. The molecule has 1 fully saturated rings. The number of hydrogen-bond donors (Lipinski definition) is 2. The van der Waals surface area contributed by atoms with Crippen molar-refractivity contribution >= 4 is 33.1 Å². The average Bonchev–Trinajstić information content (AvgIpc) is 3.27. The van der Waals surface area contributed by atoms with Gasteiger partial charge >= 0.3 is 0 Å². The largest absolute Gasteiger partial charge is 0.371 e. The van der Waals surface area contributed by atoms with Gasteiger partial charge in [0.1, 0.15) is 11.9 Å². The maximum absolute atomic E-state index is 13.0. The van der Waals surface area contributed by atoms with Crippen molar-refractivity contribution in [2.75, 3.05) is 23.3 Å². The summed E-state index contributed by atoms with van der Waals surface area (Å²) in [5, 5.41) is 2.93. The molecule has 0 spiro atoms. The molecular weight excluding hydrogens is 412 g/mol. The Bertz CT molecular complexity index is 1110. The van der Waals surface area contributed by atoms with E-state index < -0.39 is 16.1 Å². The molecule has 0 aromatic heterocycles. The Labute approximate surface area is 183 Å². The van der Waals surface area contributed by atoms with Crippen LogP contribution in [0, 0.1) is 11.8 Å². The van der Waals surface area contributed by atoms with Crippen LogP contribution in [0.3, 0.4) is 0 Å². The fourth-order valence-electron chi connectivity index (χ4n) is 4.02. The number of aliphatic imine (C=N–C) groups is 1. The first-order valence-electron chi connectivity index (χ1n) is 10.6. The molecule has 2 atom stereocenters. The zero-order chi connectivity index (χ0) is 22.2. The third kappa shape index (κ3) is 4.44. The van der Waals surface area contributed by atoms with E-state index in [1.165, 1.54) is 12.5 Å². The summed E-state index contributed by atoms with van der Waals surface area (Å²) in [5.41, 5.74) is 2.34. The van der Waals surface area contributed by atoms with Crippen LogP contribution in [0.2, 0.25) is 0 Å². The Morgan fingerprint density at radius 2 is 1.87 bits per heavy atom. The number of fused-ring (bicyclic) bond motifs is 1. The summed E-state index contributed by atoms with van der Waals surface area (Å²) in [7, 11) is -3.64. The first kappa shape index (κ1) is 21.4. The molecule has 2 N–H and O–H groups in total. The first-order valence-corrected chi connectivity index (χ1v) is 12.1. The van der Waals surface area contributed by atoms with Crippen LogP contribution in [0.1, 0.15) is 32.8 Å². The fraction of sp³-hybridized carbons (Fsp3) is 0.391. The molecule has 1 unspecified atom stereocenters. The summed E-state index contributed by atoms with van der Waals surface area (Å²) in [6.45, 7) is 8.14. The van der Waals surface area contributed by atoms with Crippen LogP contribution >= 0.6 is 0 Å². The van der Waals surface area contributed by atoms with Gasteiger partial charge in [-0.25, -0.2) is 8.42 Å². The molecule has 0 radical (unpaired) electrons. The van der Waals surface area contributed by atoms with Gasteiger partial charge < -0.3 is 10.2 Å². The highest BCUT2D eigenvalue weighted by Crippen LogP contribution is 2.26. The van der Waals surface area contributed by atoms with E-state index in [2.05, 4.69) is 26.9 Å². The molecule has 1 amide bonds. The Hall–Kier alpha value is -2.87. The zero-order valence-electron chi connectivity index (χ0n) is 18.0. The lowest BCUT2D eigenvalue weighted by atomic mass is 10.0. The molecular formula is C23H28N4O3S. The predicted octanol–water partition coefficient (Wildman–Crippen LogP) is 3.23. The minimum Gasteiger partial charge on any atom is -0.371 e. The number of amidine groups is 1. The molecule has 1 saturated heterocycles. The summed E-state index contributed by atoms with van der Waals surface area (Å²) < 4.78 is 27.2. The lowest BCUT2D eigenvalue weighted by molar-refractivity contribution is -0.118. The molecule has 2 aromatic rings. The average molecular weight is 441 g/mol. The Balaban J connectivity index is 1.52. The molecule has 0 aliphatic carbocycles. The highest BCUT2D eigenvalue weighted by atomic mass is 32.2. The van der Waals surface area contributed by atoms with Crippen molar-refractivity contribution in [2.24, 2.45) is 16.8 Å². The van der Waals surface area contributed by atoms with Gasteiger partial charge in [0.15, 0.2) is 0 Å². The summed E-state index contributed by atoms with van der Waals surface area (Å²) >= 11 is 0. The number of anilines is 2. The van der Waals surface area contributed by atoms with Gasteiger partial charge in [-0.2, -0.15) is 0 Å². The van der Waals surface area contributed by atoms with Crippen LogP contribution in [0.4, 0.5) is 11.4 Å². The molecule has 2 aromatic carbocycles. The van der Waals surface area contributed by atoms with E-state index in [0.29, 0.717) is 17.2 Å². The number of carbonyl (C=O) groups is 1. The smallest absolute Gasteiger partial charge is 0.263 e. The van der Waals surface area contributed by atoms with Crippen LogP contribution in [-0.2, 0) is 14.8 Å². The quantitative estimate of drug-likeness (QED) is 0.747. The van der Waals surface area contributed by atoms with Gasteiger partial charge in [0.05, 0.1) is 4.90 Å². The Morgan fingerprint density at radius 1 is 1.16 bits per heavy atom. The number of nitrogens with one attached hydrogen (secondary N) is 2. The van der Waals surface area contributed by atoms with Gasteiger partial charge in [0.2, 0.25) is 5.91 Å². The molecule has 0 saturated carbocycles. The second kappa shape index (κ2) is 8.34. The van der Waals surface area contributed by atoms with Crippen molar-refractivity contribution < 1.29 is 13.2 Å². The van der Waals surface area contributed by atoms with Crippen molar-refractivity contribution in [1.82, 2.24) is 4.72 Å². The van der Waals surface area contributed by atoms with Gasteiger partial charge in [0, 0.05) is 30.0 Å². The van der Waals surface area contributed by atoms with Crippen LogP contribution < -0.4 is 14.9 Å². The minimum atomic E-state index is -3.64. The SMILES string of the molecule is CC1CCN(c2ccc(NC(=O)[C@@H](N=C3NS(=O)(=O)c4ccccc43)C(C)C)cc2)C1. The molecule has 2 heterocycles. The van der Waals surface area contributed by atoms with Crippen LogP contribution in [0.5, 0.6) is 0 Å². The van der Waals surface area contributed by atoms with E-state index in [1.54, 1.807) is 18.2 Å². The zero-order valence-corrected chi connectivity index (χ0v) is 18.8. The van der Waals surface area contributed by atoms with Gasteiger partial charge in [0.25, 0.3) is 10.0 Å². The second-order valence-electron chi connectivity index (χ2n) is 8.64. The number of nitrogens with zero attached hydrogens (tertiary/aromatic N) is 2. The number of sulfonamides is 1. The van der Waals surface area contributed by atoms with Crippen LogP contribution in [-0.4, -0.2) is 39.3 Å². The van der Waals surface area contributed by atoms with Gasteiger partial charge in [-0.1, -0.05) is 32.9 Å². The van der Waals surface area contributed by atoms with Crippen molar-refractivity contribution in [2.45, 2.75) is 38.1 Å². The summed E-state index contributed by atoms with van der Waals surface area (Å²) in [6.07, 6.45) is 1.20. The summed E-state index contributed by atoms with van der Waals surface area (Å²) in [5.74, 6) is 0.523. The lowest BCUT2D eigenvalue weighted by Crippen LogP contribution is -2.34. The number of benzene rings is 2. The van der Waals surface area contributed by atoms with Crippen molar-refractivity contribution in [3.05, 3.63) is 54.1 Å². The van der Waals surface area contributed by atoms with Crippen molar-refractivity contribution in [3.63, 3.8) is 0 Å². The lowest BCUT2D eigenvalue weighted by Gasteiger charge is -2.20. The standard InChI is InChI=1S/C23H28N4O3S/c1-15(2)21(25-22-19-6-4-5-7-20(19)31(29,30)26-22)23(28)24-17-8-10-18(11-9-17)27-13-12-16(3)14-27/h4-11,15-16,21H,12-14H2,1-3H3,(H,24,28)(H,25,26)/t16?,21-/m0/s1. The highest BCUT2D eigenvalue weighted by molar-refractivity contribution is 7.90. The molecule has 4 rings (SSSR count). The highest BCUT2D eigenvalue weighted by Gasteiger charge is 2.32. The van der Waals surface area contributed by atoms with E-state index in [9.17, 15) is 13.2 Å². The topological polar surface area (TPSA) is 90.9 Å². The summed E-state index contributed by atoms with van der Waals surface area (Å²) in [6, 6.07) is 13.7. The molecule has 2 aliphatic rings. The normalized spacial score (nSPS) is 21.7. The Kier molecular flexibility index (Phi) is 5.75. The molecule has 8 heteroatoms. The molecule has 31 heavy (non-hydrogen) atoms. The molecule has 164 valence electrons. The van der Waals surface area contributed by atoms with Gasteiger partial charge in [-0.3, -0.25) is 14.5 Å². The molecule has 0 bridgehead atoms. The minimum absolute atomic E-state index is 0.116. The Morgan fingerprint density at radius 3 is 2.52 bits per heavy atom. The predicted molar refractivity (Wildman–Crippen MR) is 123 cm³/mol. The molecule has 7 nitrogen and oxygen atoms in total. The van der Waals surface area contributed by atoms with Crippen molar-refractivity contribution in [1.29, 1.82) is 0 Å². The van der Waals surface area contributed by atoms with Crippen LogP contribution in [0.25, 0.3) is 0 Å². The van der Waals surface area contributed by atoms with Gasteiger partial charge in [-0.05, 0) is 54.7 Å². The van der Waals surface area contributed by atoms with E-state index in [1.807, 2.05) is 38.1 Å². The second-order valence-corrected chi connectivity index (χ2v) is 10.3. The van der Waals surface area contributed by atoms with E-state index in [-0.39, 0.29) is 22.6 Å². The maximum Gasteiger partial charge on any atom is 0.263 e. The van der Waals surface area contributed by atoms with Gasteiger partial charge in [-0.15, -0.1) is 0 Å².